The summed E-state index contributed by atoms with van der Waals surface area (Å²) >= 11 is 0. The van der Waals surface area contributed by atoms with Crippen molar-refractivity contribution in [1.29, 1.82) is 0 Å². The molecule has 0 spiro atoms. The second kappa shape index (κ2) is 9.59. The Bertz CT molecular complexity index is 745. The lowest BCUT2D eigenvalue weighted by atomic mass is 10.0. The molecule has 0 radical (unpaired) electrons. The van der Waals surface area contributed by atoms with Gasteiger partial charge in [0, 0.05) is 57.2 Å². The first-order valence-electron chi connectivity index (χ1n) is 9.99. The van der Waals surface area contributed by atoms with Crippen LogP contribution in [0.25, 0.3) is 0 Å². The Balaban J connectivity index is 1.49. The van der Waals surface area contributed by atoms with Crippen molar-refractivity contribution in [2.75, 3.05) is 45.7 Å². The molecule has 1 aromatic carbocycles. The molecule has 7 nitrogen and oxygen atoms in total. The highest BCUT2D eigenvalue weighted by Crippen LogP contribution is 2.19. The average molecular weight is 384 g/mol. The highest BCUT2D eigenvalue weighted by atomic mass is 15.3. The van der Waals surface area contributed by atoms with Crippen molar-refractivity contribution in [2.45, 2.75) is 24.9 Å². The minimum Gasteiger partial charge on any atom is -0.371 e. The molecule has 1 aliphatic rings. The number of benzene rings is 1. The van der Waals surface area contributed by atoms with Gasteiger partial charge in [0.15, 0.2) is 5.96 Å². The van der Waals surface area contributed by atoms with Gasteiger partial charge in [0.25, 0.3) is 0 Å². The molecule has 0 bridgehead atoms. The molecule has 7 heteroatoms. The number of guanidine groups is 1. The molecule has 1 fully saturated rings. The molecule has 1 aliphatic heterocycles. The van der Waals surface area contributed by atoms with Crippen LogP contribution in [-0.2, 0) is 7.05 Å². The molecule has 2 aromatic rings. The maximum absolute atomic E-state index is 4.43. The minimum atomic E-state index is 0.243. The van der Waals surface area contributed by atoms with E-state index in [1.165, 1.54) is 11.3 Å². The number of hydrogen-bond acceptors (Lipinski definition) is 4. The summed E-state index contributed by atoms with van der Waals surface area (Å²) in [5, 5.41) is 11.4. The highest BCUT2D eigenvalue weighted by molar-refractivity contribution is 5.80. The van der Waals surface area contributed by atoms with Crippen LogP contribution < -0.4 is 15.5 Å². The van der Waals surface area contributed by atoms with E-state index in [4.69, 9.17) is 0 Å². The molecule has 2 heterocycles. The number of anilines is 1. The smallest absolute Gasteiger partial charge is 0.191 e. The Morgan fingerprint density at radius 3 is 2.54 bits per heavy atom. The summed E-state index contributed by atoms with van der Waals surface area (Å²) in [6.45, 7) is 2.91. The number of aromatic nitrogens is 2. The summed E-state index contributed by atoms with van der Waals surface area (Å²) in [7, 11) is 7.97. The van der Waals surface area contributed by atoms with Crippen molar-refractivity contribution in [3.05, 3.63) is 48.3 Å². The number of aryl methyl sites for hydroxylation is 1. The summed E-state index contributed by atoms with van der Waals surface area (Å²) < 4.78 is 1.85. The summed E-state index contributed by atoms with van der Waals surface area (Å²) in [6, 6.07) is 11.3. The van der Waals surface area contributed by atoms with E-state index in [0.717, 1.165) is 38.4 Å². The first kappa shape index (κ1) is 20.2. The molecule has 2 N–H and O–H groups in total. The third-order valence-electron chi connectivity index (χ3n) is 5.38. The Morgan fingerprint density at radius 2 is 1.96 bits per heavy atom. The van der Waals surface area contributed by atoms with Crippen LogP contribution in [0.15, 0.2) is 47.7 Å². The monoisotopic (exact) mass is 383 g/mol. The zero-order valence-corrected chi connectivity index (χ0v) is 17.5. The van der Waals surface area contributed by atoms with Crippen LogP contribution in [0.5, 0.6) is 0 Å². The molecule has 28 heavy (non-hydrogen) atoms. The lowest BCUT2D eigenvalue weighted by molar-refractivity contribution is 0.297. The topological polar surface area (TPSA) is 60.7 Å². The molecule has 3 rings (SSSR count). The standard InChI is InChI=1S/C21H33N7/c1-22-21(23-15-20(26(2)3)17-14-24-27(4)16-17)25-18-10-12-28(13-11-18)19-8-6-5-7-9-19/h5-9,14,16,18,20H,10-13,15H2,1-4H3,(H2,22,23,25). The van der Waals surface area contributed by atoms with Gasteiger partial charge >= 0.3 is 0 Å². The number of nitrogens with one attached hydrogen (secondary N) is 2. The van der Waals surface area contributed by atoms with E-state index < -0.39 is 0 Å². The van der Waals surface area contributed by atoms with Gasteiger partial charge in [-0.3, -0.25) is 9.67 Å². The SMILES string of the molecule is CN=C(NCC(c1cnn(C)c1)N(C)C)NC1CCN(c2ccccc2)CC1. The summed E-state index contributed by atoms with van der Waals surface area (Å²) in [5.41, 5.74) is 2.51. The van der Waals surface area contributed by atoms with Gasteiger partial charge < -0.3 is 20.4 Å². The maximum Gasteiger partial charge on any atom is 0.191 e. The van der Waals surface area contributed by atoms with E-state index >= 15 is 0 Å². The van der Waals surface area contributed by atoms with E-state index in [1.807, 2.05) is 25.0 Å². The fourth-order valence-corrected chi connectivity index (χ4v) is 3.71. The zero-order chi connectivity index (χ0) is 19.9. The van der Waals surface area contributed by atoms with Gasteiger partial charge in [-0.1, -0.05) is 18.2 Å². The van der Waals surface area contributed by atoms with Gasteiger partial charge in [-0.2, -0.15) is 5.10 Å². The predicted octanol–water partition coefficient (Wildman–Crippen LogP) is 1.86. The molecule has 1 atom stereocenters. The van der Waals surface area contributed by atoms with Gasteiger partial charge in [0.05, 0.1) is 12.2 Å². The predicted molar refractivity (Wildman–Crippen MR) is 116 cm³/mol. The summed E-state index contributed by atoms with van der Waals surface area (Å²) in [4.78, 5) is 9.09. The van der Waals surface area contributed by atoms with Crippen LogP contribution in [-0.4, -0.2) is 67.5 Å². The minimum absolute atomic E-state index is 0.243. The molecule has 1 unspecified atom stereocenters. The Hall–Kier alpha value is -2.54. The van der Waals surface area contributed by atoms with Crippen LogP contribution in [0, 0.1) is 0 Å². The zero-order valence-electron chi connectivity index (χ0n) is 17.5. The van der Waals surface area contributed by atoms with E-state index in [9.17, 15) is 0 Å². The third-order valence-corrected chi connectivity index (χ3v) is 5.38. The van der Waals surface area contributed by atoms with Crippen molar-refractivity contribution < 1.29 is 0 Å². The van der Waals surface area contributed by atoms with Gasteiger partial charge in [-0.25, -0.2) is 0 Å². The highest BCUT2D eigenvalue weighted by Gasteiger charge is 2.21. The number of likely N-dealkylation sites (N-methyl/N-ethyl adjacent to an activating group) is 1. The van der Waals surface area contributed by atoms with Crippen molar-refractivity contribution in [1.82, 2.24) is 25.3 Å². The fourth-order valence-electron chi connectivity index (χ4n) is 3.71. The molecule has 0 amide bonds. The van der Waals surface area contributed by atoms with Crippen LogP contribution in [0.1, 0.15) is 24.4 Å². The van der Waals surface area contributed by atoms with Crippen LogP contribution in [0.2, 0.25) is 0 Å². The molecule has 0 aliphatic carbocycles. The number of hydrogen-bond donors (Lipinski definition) is 2. The van der Waals surface area contributed by atoms with E-state index in [-0.39, 0.29) is 6.04 Å². The molecular weight excluding hydrogens is 350 g/mol. The van der Waals surface area contributed by atoms with Crippen LogP contribution >= 0.6 is 0 Å². The maximum atomic E-state index is 4.43. The Kier molecular flexibility index (Phi) is 6.92. The number of rotatable bonds is 6. The first-order valence-corrected chi connectivity index (χ1v) is 9.99. The van der Waals surface area contributed by atoms with Crippen molar-refractivity contribution >= 4 is 11.6 Å². The van der Waals surface area contributed by atoms with E-state index in [1.54, 1.807) is 0 Å². The van der Waals surface area contributed by atoms with Gasteiger partial charge in [-0.05, 0) is 39.1 Å². The van der Waals surface area contributed by atoms with E-state index in [0.29, 0.717) is 6.04 Å². The first-order chi connectivity index (χ1) is 13.6. The Labute approximate surface area is 168 Å². The summed E-state index contributed by atoms with van der Waals surface area (Å²) in [6.07, 6.45) is 6.22. The van der Waals surface area contributed by atoms with Crippen molar-refractivity contribution in [3.8, 4) is 0 Å². The van der Waals surface area contributed by atoms with Crippen molar-refractivity contribution in [2.24, 2.45) is 12.0 Å². The van der Waals surface area contributed by atoms with E-state index in [2.05, 4.69) is 81.1 Å². The largest absolute Gasteiger partial charge is 0.371 e. The van der Waals surface area contributed by atoms with Crippen molar-refractivity contribution in [3.63, 3.8) is 0 Å². The molecule has 0 saturated carbocycles. The van der Waals surface area contributed by atoms with Crippen LogP contribution in [0.3, 0.4) is 0 Å². The van der Waals surface area contributed by atoms with Gasteiger partial charge in [-0.15, -0.1) is 0 Å². The quantitative estimate of drug-likeness (QED) is 0.589. The fraction of sp³-hybridized carbons (Fsp3) is 0.524. The number of para-hydroxylation sites is 1. The lowest BCUT2D eigenvalue weighted by Crippen LogP contribution is -2.49. The normalized spacial score (nSPS) is 17.0. The average Bonchev–Trinajstić information content (AvgIpc) is 3.14. The number of aliphatic imine (C=N–C) groups is 1. The van der Waals surface area contributed by atoms with Gasteiger partial charge in [0.1, 0.15) is 0 Å². The lowest BCUT2D eigenvalue weighted by Gasteiger charge is -2.34. The Morgan fingerprint density at radius 1 is 1.25 bits per heavy atom. The summed E-state index contributed by atoms with van der Waals surface area (Å²) in [5.74, 6) is 0.869. The second-order valence-electron chi connectivity index (χ2n) is 7.62. The van der Waals surface area contributed by atoms with Gasteiger partial charge in [0.2, 0.25) is 0 Å². The van der Waals surface area contributed by atoms with Crippen LogP contribution in [0.4, 0.5) is 5.69 Å². The molecule has 152 valence electrons. The number of piperidine rings is 1. The molecule has 1 saturated heterocycles. The third kappa shape index (κ3) is 5.25. The molecular formula is C21H33N7. The second-order valence-corrected chi connectivity index (χ2v) is 7.62. The molecule has 1 aromatic heterocycles. The number of nitrogens with zero attached hydrogens (tertiary/aromatic N) is 5.